The van der Waals surface area contributed by atoms with Crippen LogP contribution in [0, 0.1) is 0 Å². The maximum Gasteiger partial charge on any atom is 0.106 e. The summed E-state index contributed by atoms with van der Waals surface area (Å²) >= 11 is 1.85. The number of rotatable bonds is 3. The molecule has 0 amide bonds. The molecule has 0 radical (unpaired) electrons. The Morgan fingerprint density at radius 3 is 3.07 bits per heavy atom. The van der Waals surface area contributed by atoms with Gasteiger partial charge in [-0.1, -0.05) is 5.24 Å². The molecule has 0 saturated heterocycles. The molecule has 6 heteroatoms. The Hall–Kier alpha value is -0.185. The lowest BCUT2D eigenvalue weighted by Crippen LogP contribution is -2.49. The predicted molar refractivity (Wildman–Crippen MR) is 73.1 cm³/mol. The molecule has 1 aliphatic heterocycles. The van der Waals surface area contributed by atoms with Crippen molar-refractivity contribution in [3.05, 3.63) is 21.9 Å². The van der Waals surface area contributed by atoms with Crippen molar-refractivity contribution in [3.8, 4) is 0 Å². The van der Waals surface area contributed by atoms with Gasteiger partial charge in [0.15, 0.2) is 0 Å². The molecule has 0 fully saturated rings. The molecule has 1 aromatic heterocycles. The Bertz CT molecular complexity index is 336. The Morgan fingerprint density at radius 1 is 1.53 bits per heavy atom. The molecule has 1 N–H and O–H groups in total. The number of ether oxygens (including phenoxy) is 1. The second-order valence-electron chi connectivity index (χ2n) is 5.04. The van der Waals surface area contributed by atoms with E-state index in [-0.39, 0.29) is 11.3 Å². The number of fused-ring (bicyclic) bond motifs is 1. The zero-order valence-corrected chi connectivity index (χ0v) is 10.5. The van der Waals surface area contributed by atoms with Crippen LogP contribution in [-0.2, 0) is 11.2 Å². The smallest absolute Gasteiger partial charge is 0.106 e. The van der Waals surface area contributed by atoms with Gasteiger partial charge in [-0.05, 0) is 17.0 Å². The summed E-state index contributed by atoms with van der Waals surface area (Å²) < 4.78 is 5.80. The van der Waals surface area contributed by atoms with E-state index in [2.05, 4.69) is 40.3 Å². The van der Waals surface area contributed by atoms with Crippen molar-refractivity contribution >= 4 is 34.9 Å². The van der Waals surface area contributed by atoms with E-state index in [1.54, 1.807) is 0 Å². The summed E-state index contributed by atoms with van der Waals surface area (Å²) in [5.41, 5.74) is 1.39. The molecule has 15 heavy (non-hydrogen) atoms. The molecule has 0 aliphatic carbocycles. The molecule has 1 aromatic rings. The van der Waals surface area contributed by atoms with Gasteiger partial charge in [-0.3, -0.25) is 0 Å². The summed E-state index contributed by atoms with van der Waals surface area (Å²) in [6.07, 6.45) is 1.33. The molecule has 0 aromatic carbocycles. The number of hydrogen-bond acceptors (Lipinski definition) is 3. The monoisotopic (exact) mass is 219 g/mol. The van der Waals surface area contributed by atoms with E-state index in [4.69, 9.17) is 4.74 Å². The molecule has 0 bridgehead atoms. The van der Waals surface area contributed by atoms with Gasteiger partial charge in [0.05, 0.1) is 12.7 Å². The largest absolute Gasteiger partial charge is 0.372 e. The van der Waals surface area contributed by atoms with Crippen LogP contribution < -0.4 is 5.32 Å². The van der Waals surface area contributed by atoms with Crippen molar-refractivity contribution in [2.75, 3.05) is 13.2 Å². The minimum absolute atomic E-state index is 0.164. The van der Waals surface area contributed by atoms with Gasteiger partial charge < -0.3 is 10.1 Å². The maximum atomic E-state index is 5.80. The first-order valence-corrected chi connectivity index (χ1v) is 6.37. The lowest BCUT2D eigenvalue weighted by Gasteiger charge is -2.28. The van der Waals surface area contributed by atoms with Crippen LogP contribution in [0.4, 0.5) is 0 Å². The highest BCUT2D eigenvalue weighted by Crippen LogP contribution is 2.30. The van der Waals surface area contributed by atoms with Crippen LogP contribution in [0.2, 0.25) is 0 Å². The quantitative estimate of drug-likeness (QED) is 0.622. The molecule has 1 aliphatic rings. The first-order valence-electron chi connectivity index (χ1n) is 5.49. The molecule has 78 valence electrons. The van der Waals surface area contributed by atoms with Crippen molar-refractivity contribution in [2.45, 2.75) is 17.8 Å². The summed E-state index contributed by atoms with van der Waals surface area (Å²) in [5.74, 6) is 0. The van der Waals surface area contributed by atoms with E-state index in [9.17, 15) is 0 Å². The Morgan fingerprint density at radius 2 is 2.33 bits per heavy atom. The summed E-state index contributed by atoms with van der Waals surface area (Å²) in [4.78, 5) is 1.50. The van der Waals surface area contributed by atoms with Gasteiger partial charge >= 0.3 is 0 Å². The van der Waals surface area contributed by atoms with Crippen molar-refractivity contribution in [1.29, 1.82) is 0 Å². The van der Waals surface area contributed by atoms with Crippen molar-refractivity contribution in [3.63, 3.8) is 0 Å². The van der Waals surface area contributed by atoms with Crippen molar-refractivity contribution < 1.29 is 4.74 Å². The third-order valence-electron chi connectivity index (χ3n) is 2.59. The first kappa shape index (κ1) is 11.3. The Kier molecular flexibility index (Phi) is 3.28. The fourth-order valence-electron chi connectivity index (χ4n) is 1.79. The fourth-order valence-corrected chi connectivity index (χ4v) is 2.71. The van der Waals surface area contributed by atoms with Crippen LogP contribution in [0.25, 0.3) is 0 Å². The van der Waals surface area contributed by atoms with Gasteiger partial charge in [-0.25, -0.2) is 0 Å². The maximum absolute atomic E-state index is 5.80. The summed E-state index contributed by atoms with van der Waals surface area (Å²) in [7, 11) is 6.55. The fraction of sp³-hybridized carbons (Fsp3) is 0.556. The molecule has 1 atom stereocenters. The topological polar surface area (TPSA) is 21.3 Å². The number of nitrogens with one attached hydrogen (secondary N) is 1. The van der Waals surface area contributed by atoms with E-state index in [1.165, 1.54) is 10.4 Å². The first-order chi connectivity index (χ1) is 7.06. The average Bonchev–Trinajstić information content (AvgIpc) is 2.61. The standard InChI is InChI=1S/C9H16B3NOS/c10-9(11,12)13-5-7-6-2-4-15-8(6)1-3-14-7/h2,4,7,13H,1,3,5,10-12H2. The second kappa shape index (κ2) is 4.36. The van der Waals surface area contributed by atoms with Crippen LogP contribution >= 0.6 is 11.3 Å². The van der Waals surface area contributed by atoms with Crippen LogP contribution in [0.15, 0.2) is 11.4 Å². The van der Waals surface area contributed by atoms with Gasteiger partial charge in [0.25, 0.3) is 0 Å². The lowest BCUT2D eigenvalue weighted by atomic mass is 9.49. The van der Waals surface area contributed by atoms with E-state index in [1.807, 2.05) is 11.3 Å². The third kappa shape index (κ3) is 2.89. The average molecular weight is 219 g/mol. The number of thiophene rings is 1. The Labute approximate surface area is 98.0 Å². The highest BCUT2D eigenvalue weighted by molar-refractivity contribution is 7.10. The molecule has 2 nitrogen and oxygen atoms in total. The molecular weight excluding hydrogens is 203 g/mol. The highest BCUT2D eigenvalue weighted by Gasteiger charge is 2.23. The minimum atomic E-state index is 0.164. The summed E-state index contributed by atoms with van der Waals surface area (Å²) in [6, 6.07) is 2.20. The van der Waals surface area contributed by atoms with Crippen molar-refractivity contribution in [2.24, 2.45) is 0 Å². The van der Waals surface area contributed by atoms with E-state index >= 15 is 0 Å². The van der Waals surface area contributed by atoms with E-state index < -0.39 is 0 Å². The summed E-state index contributed by atoms with van der Waals surface area (Å²) in [5, 5.41) is 5.84. The normalized spacial score (nSPS) is 21.2. The molecule has 2 heterocycles. The van der Waals surface area contributed by atoms with Gasteiger partial charge in [-0.15, -0.1) is 11.3 Å². The van der Waals surface area contributed by atoms with E-state index in [0.717, 1.165) is 19.6 Å². The SMILES string of the molecule is BC(B)(B)NCC1OCCc2sccc21. The molecule has 2 rings (SSSR count). The number of hydrogen-bond donors (Lipinski definition) is 1. The molecule has 0 spiro atoms. The van der Waals surface area contributed by atoms with Gasteiger partial charge in [-0.2, -0.15) is 0 Å². The lowest BCUT2D eigenvalue weighted by molar-refractivity contribution is 0.0437. The van der Waals surface area contributed by atoms with Crippen LogP contribution in [0.1, 0.15) is 16.5 Å². The third-order valence-corrected chi connectivity index (χ3v) is 3.59. The zero-order chi connectivity index (χ0) is 10.9. The van der Waals surface area contributed by atoms with Gasteiger partial charge in [0.2, 0.25) is 0 Å². The van der Waals surface area contributed by atoms with Crippen molar-refractivity contribution in [1.82, 2.24) is 5.32 Å². The molecule has 1 unspecified atom stereocenters. The molecule has 0 saturated carbocycles. The van der Waals surface area contributed by atoms with E-state index in [0.29, 0.717) is 0 Å². The minimum Gasteiger partial charge on any atom is -0.372 e. The predicted octanol–water partition coefficient (Wildman–Crippen LogP) is -1.54. The Balaban J connectivity index is 2.01. The summed E-state index contributed by atoms with van der Waals surface area (Å²) in [6.45, 7) is 1.78. The van der Waals surface area contributed by atoms with Crippen LogP contribution in [-0.4, -0.2) is 41.9 Å². The molecular formula is C9H16B3NOS. The zero-order valence-electron chi connectivity index (χ0n) is 9.67. The van der Waals surface area contributed by atoms with Gasteiger partial charge in [0.1, 0.15) is 23.5 Å². The highest BCUT2D eigenvalue weighted by atomic mass is 32.1. The van der Waals surface area contributed by atoms with Gasteiger partial charge in [0, 0.05) is 17.8 Å². The van der Waals surface area contributed by atoms with Crippen LogP contribution in [0.5, 0.6) is 0 Å². The second-order valence-corrected chi connectivity index (χ2v) is 6.04. The van der Waals surface area contributed by atoms with Crippen LogP contribution in [0.3, 0.4) is 0 Å².